The highest BCUT2D eigenvalue weighted by Crippen LogP contribution is 2.25. The molecule has 110 valence electrons. The van der Waals surface area contributed by atoms with E-state index in [-0.39, 0.29) is 18.3 Å². The normalized spacial score (nSPS) is 20.9. The predicted octanol–water partition coefficient (Wildman–Crippen LogP) is 2.80. The van der Waals surface area contributed by atoms with Crippen molar-refractivity contribution in [3.05, 3.63) is 11.6 Å². The van der Waals surface area contributed by atoms with Gasteiger partial charge in [-0.2, -0.15) is 0 Å². The molecule has 0 spiro atoms. The molecule has 0 aromatic heterocycles. The summed E-state index contributed by atoms with van der Waals surface area (Å²) in [5.74, 6) is 0.885. The molecule has 1 heterocycles. The Morgan fingerprint density at radius 2 is 2.00 bits per heavy atom. The fourth-order valence-corrected chi connectivity index (χ4v) is 2.94. The quantitative estimate of drug-likeness (QED) is 0.616. The van der Waals surface area contributed by atoms with Gasteiger partial charge in [-0.3, -0.25) is 4.79 Å². The van der Waals surface area contributed by atoms with Crippen molar-refractivity contribution in [1.29, 1.82) is 0 Å². The van der Waals surface area contributed by atoms with Crippen molar-refractivity contribution in [2.45, 2.75) is 51.4 Å². The Balaban J connectivity index is 0.00000180. The molecule has 0 aromatic carbocycles. The van der Waals surface area contributed by atoms with E-state index in [4.69, 9.17) is 0 Å². The first kappa shape index (κ1) is 16.5. The molecule has 2 rings (SSSR count). The maximum absolute atomic E-state index is 11.9. The van der Waals surface area contributed by atoms with Crippen LogP contribution in [-0.4, -0.2) is 25.5 Å². The lowest BCUT2D eigenvalue weighted by atomic mass is 9.96. The summed E-state index contributed by atoms with van der Waals surface area (Å²) in [6.07, 6.45) is 11.9. The molecule has 1 aliphatic heterocycles. The van der Waals surface area contributed by atoms with Crippen molar-refractivity contribution in [3.8, 4) is 0 Å². The number of carbonyl (C=O) groups is 1. The van der Waals surface area contributed by atoms with Crippen LogP contribution >= 0.6 is 12.4 Å². The van der Waals surface area contributed by atoms with Crippen LogP contribution in [0.1, 0.15) is 51.4 Å². The first-order valence-electron chi connectivity index (χ1n) is 7.50. The van der Waals surface area contributed by atoms with Gasteiger partial charge in [-0.15, -0.1) is 12.4 Å². The van der Waals surface area contributed by atoms with Crippen LogP contribution < -0.4 is 10.6 Å². The van der Waals surface area contributed by atoms with Gasteiger partial charge in [0.25, 0.3) is 0 Å². The highest BCUT2D eigenvalue weighted by Gasteiger charge is 2.16. The minimum atomic E-state index is 0. The summed E-state index contributed by atoms with van der Waals surface area (Å²) in [5, 5.41) is 6.37. The molecule has 4 heteroatoms. The molecule has 1 saturated carbocycles. The monoisotopic (exact) mass is 286 g/mol. The van der Waals surface area contributed by atoms with E-state index in [2.05, 4.69) is 16.7 Å². The van der Waals surface area contributed by atoms with Gasteiger partial charge in [-0.05, 0) is 31.7 Å². The summed E-state index contributed by atoms with van der Waals surface area (Å²) in [5.41, 5.74) is 1.38. The van der Waals surface area contributed by atoms with Crippen LogP contribution in [-0.2, 0) is 4.79 Å². The molecule has 2 aliphatic rings. The van der Waals surface area contributed by atoms with Gasteiger partial charge < -0.3 is 10.6 Å². The Hall–Kier alpha value is -0.540. The lowest BCUT2D eigenvalue weighted by molar-refractivity contribution is -0.121. The topological polar surface area (TPSA) is 41.1 Å². The van der Waals surface area contributed by atoms with Crippen molar-refractivity contribution >= 4 is 18.3 Å². The van der Waals surface area contributed by atoms with E-state index in [1.165, 1.54) is 44.1 Å². The van der Waals surface area contributed by atoms with E-state index in [0.717, 1.165) is 32.5 Å². The van der Waals surface area contributed by atoms with Crippen LogP contribution in [0.15, 0.2) is 11.6 Å². The highest BCUT2D eigenvalue weighted by molar-refractivity contribution is 5.85. The predicted molar refractivity (Wildman–Crippen MR) is 81.6 cm³/mol. The second kappa shape index (κ2) is 9.38. The zero-order valence-electron chi connectivity index (χ0n) is 11.7. The second-order valence-corrected chi connectivity index (χ2v) is 5.65. The standard InChI is InChI=1S/C15H26N2O.ClH/c18-15(11-13-5-3-1-2-4-6-13)17-12-14-7-9-16-10-8-14;/h7,13,16H,1-6,8-12H2,(H,17,18);1H. The van der Waals surface area contributed by atoms with E-state index in [1.54, 1.807) is 0 Å². The zero-order valence-corrected chi connectivity index (χ0v) is 12.6. The molecule has 1 aliphatic carbocycles. The molecule has 3 nitrogen and oxygen atoms in total. The third kappa shape index (κ3) is 6.44. The lowest BCUT2D eigenvalue weighted by Crippen LogP contribution is -2.30. The van der Waals surface area contributed by atoms with E-state index >= 15 is 0 Å². The van der Waals surface area contributed by atoms with Crippen LogP contribution in [0.3, 0.4) is 0 Å². The van der Waals surface area contributed by atoms with Gasteiger partial charge in [0.15, 0.2) is 0 Å². The van der Waals surface area contributed by atoms with E-state index in [0.29, 0.717) is 5.92 Å². The zero-order chi connectivity index (χ0) is 12.6. The number of hydrogen-bond donors (Lipinski definition) is 2. The number of carbonyl (C=O) groups excluding carboxylic acids is 1. The maximum atomic E-state index is 11.9. The first-order chi connectivity index (χ1) is 8.84. The Labute approximate surface area is 123 Å². The second-order valence-electron chi connectivity index (χ2n) is 5.65. The summed E-state index contributed by atoms with van der Waals surface area (Å²) in [6.45, 7) is 2.76. The van der Waals surface area contributed by atoms with Crippen molar-refractivity contribution < 1.29 is 4.79 Å². The third-order valence-corrected chi connectivity index (χ3v) is 4.12. The SMILES string of the molecule is Cl.O=C(CC1CCCCCC1)NCC1=CCNCC1. The van der Waals surface area contributed by atoms with Crippen LogP contribution in [0.25, 0.3) is 0 Å². The number of amides is 1. The number of nitrogens with one attached hydrogen (secondary N) is 2. The number of rotatable bonds is 4. The van der Waals surface area contributed by atoms with Crippen LogP contribution in [0, 0.1) is 5.92 Å². The molecular weight excluding hydrogens is 260 g/mol. The van der Waals surface area contributed by atoms with Gasteiger partial charge in [0.1, 0.15) is 0 Å². The van der Waals surface area contributed by atoms with Crippen molar-refractivity contribution in [3.63, 3.8) is 0 Å². The van der Waals surface area contributed by atoms with Gasteiger partial charge in [0.2, 0.25) is 5.91 Å². The lowest BCUT2D eigenvalue weighted by Gasteiger charge is -2.16. The largest absolute Gasteiger partial charge is 0.352 e. The highest BCUT2D eigenvalue weighted by atomic mass is 35.5. The molecule has 2 N–H and O–H groups in total. The summed E-state index contributed by atoms with van der Waals surface area (Å²) in [6, 6.07) is 0. The van der Waals surface area contributed by atoms with Crippen molar-refractivity contribution in [2.24, 2.45) is 5.92 Å². The van der Waals surface area contributed by atoms with Crippen LogP contribution in [0.5, 0.6) is 0 Å². The minimum absolute atomic E-state index is 0. The van der Waals surface area contributed by atoms with Gasteiger partial charge in [0, 0.05) is 19.5 Å². The maximum Gasteiger partial charge on any atom is 0.220 e. The number of hydrogen-bond acceptors (Lipinski definition) is 2. The smallest absolute Gasteiger partial charge is 0.220 e. The summed E-state index contributed by atoms with van der Waals surface area (Å²) in [7, 11) is 0. The summed E-state index contributed by atoms with van der Waals surface area (Å²) >= 11 is 0. The average Bonchev–Trinajstić information content (AvgIpc) is 2.66. The molecule has 19 heavy (non-hydrogen) atoms. The summed E-state index contributed by atoms with van der Waals surface area (Å²) < 4.78 is 0. The van der Waals surface area contributed by atoms with Crippen molar-refractivity contribution in [2.75, 3.05) is 19.6 Å². The summed E-state index contributed by atoms with van der Waals surface area (Å²) in [4.78, 5) is 11.9. The van der Waals surface area contributed by atoms with E-state index in [9.17, 15) is 4.79 Å². The van der Waals surface area contributed by atoms with Gasteiger partial charge in [-0.1, -0.05) is 37.3 Å². The first-order valence-corrected chi connectivity index (χ1v) is 7.50. The third-order valence-electron chi connectivity index (χ3n) is 4.12. The Morgan fingerprint density at radius 3 is 2.63 bits per heavy atom. The molecule has 0 saturated heterocycles. The van der Waals surface area contributed by atoms with E-state index < -0.39 is 0 Å². The molecule has 0 aromatic rings. The fraction of sp³-hybridized carbons (Fsp3) is 0.800. The van der Waals surface area contributed by atoms with E-state index in [1.807, 2.05) is 0 Å². The molecular formula is C15H27ClN2O. The molecule has 1 fully saturated rings. The minimum Gasteiger partial charge on any atom is -0.352 e. The average molecular weight is 287 g/mol. The fourth-order valence-electron chi connectivity index (χ4n) is 2.94. The molecule has 0 atom stereocenters. The van der Waals surface area contributed by atoms with Crippen LogP contribution in [0.2, 0.25) is 0 Å². The van der Waals surface area contributed by atoms with Gasteiger partial charge in [0.05, 0.1) is 0 Å². The Bertz CT molecular complexity index is 297. The molecule has 0 unspecified atom stereocenters. The number of halogens is 1. The molecule has 0 radical (unpaired) electrons. The van der Waals surface area contributed by atoms with Gasteiger partial charge >= 0.3 is 0 Å². The van der Waals surface area contributed by atoms with Crippen molar-refractivity contribution in [1.82, 2.24) is 10.6 Å². The Morgan fingerprint density at radius 1 is 1.26 bits per heavy atom. The molecule has 0 bridgehead atoms. The van der Waals surface area contributed by atoms with Crippen LogP contribution in [0.4, 0.5) is 0 Å². The van der Waals surface area contributed by atoms with Gasteiger partial charge in [-0.25, -0.2) is 0 Å². The Kier molecular flexibility index (Phi) is 8.15. The molecule has 1 amide bonds.